The molecule has 9 nitrogen and oxygen atoms in total. The van der Waals surface area contributed by atoms with E-state index in [0.29, 0.717) is 29.3 Å². The first-order valence-corrected chi connectivity index (χ1v) is 10.4. The summed E-state index contributed by atoms with van der Waals surface area (Å²) >= 11 is 1.21. The summed E-state index contributed by atoms with van der Waals surface area (Å²) in [6, 6.07) is 10.6. The highest BCUT2D eigenvalue weighted by molar-refractivity contribution is 7.13. The number of nitrogens with one attached hydrogen (secondary N) is 2. The summed E-state index contributed by atoms with van der Waals surface area (Å²) in [5, 5.41) is 5.67. The maximum absolute atomic E-state index is 12.6. The zero-order valence-corrected chi connectivity index (χ0v) is 17.3. The van der Waals surface area contributed by atoms with Gasteiger partial charge in [0.25, 0.3) is 5.91 Å². The van der Waals surface area contributed by atoms with E-state index in [1.165, 1.54) is 16.2 Å². The van der Waals surface area contributed by atoms with E-state index in [2.05, 4.69) is 20.6 Å². The summed E-state index contributed by atoms with van der Waals surface area (Å²) in [6.07, 6.45) is 3.75. The molecule has 2 aromatic heterocycles. The summed E-state index contributed by atoms with van der Waals surface area (Å²) in [4.78, 5) is 48.0. The normalized spacial score (nSPS) is 12.7. The Labute approximate surface area is 182 Å². The van der Waals surface area contributed by atoms with Crippen LogP contribution in [0.15, 0.2) is 48.8 Å². The number of hydrogen-bond acceptors (Lipinski definition) is 7. The fraction of sp³-hybridized carbons (Fsp3) is 0.190. The molecule has 0 atom stereocenters. The van der Waals surface area contributed by atoms with Gasteiger partial charge in [0.15, 0.2) is 5.01 Å². The Kier molecular flexibility index (Phi) is 5.89. The summed E-state index contributed by atoms with van der Waals surface area (Å²) in [6.45, 7) is 0.834. The third kappa shape index (κ3) is 4.69. The first-order valence-electron chi connectivity index (χ1n) is 9.61. The average molecular weight is 436 g/mol. The van der Waals surface area contributed by atoms with Crippen molar-refractivity contribution in [2.75, 3.05) is 17.6 Å². The quantitative estimate of drug-likeness (QED) is 0.420. The second-order valence-corrected chi connectivity index (χ2v) is 8.03. The predicted molar refractivity (Wildman–Crippen MR) is 116 cm³/mol. The van der Waals surface area contributed by atoms with Crippen LogP contribution in [0.25, 0.3) is 0 Å². The summed E-state index contributed by atoms with van der Waals surface area (Å²) < 4.78 is 0. The molecule has 0 radical (unpaired) electrons. The number of benzene rings is 1. The Morgan fingerprint density at radius 2 is 2.00 bits per heavy atom. The predicted octanol–water partition coefficient (Wildman–Crippen LogP) is 1.57. The van der Waals surface area contributed by atoms with Gasteiger partial charge in [0, 0.05) is 36.8 Å². The maximum atomic E-state index is 12.6. The molecule has 31 heavy (non-hydrogen) atoms. The van der Waals surface area contributed by atoms with Crippen molar-refractivity contribution in [2.45, 2.75) is 19.5 Å². The van der Waals surface area contributed by atoms with E-state index in [9.17, 15) is 14.4 Å². The minimum absolute atomic E-state index is 0.227. The number of thiazole rings is 1. The van der Waals surface area contributed by atoms with Crippen LogP contribution in [-0.4, -0.2) is 39.1 Å². The minimum atomic E-state index is -0.672. The number of hydrogen-bond donors (Lipinski definition) is 3. The molecule has 0 saturated carbocycles. The molecular weight excluding hydrogens is 416 g/mol. The van der Waals surface area contributed by atoms with E-state index in [-0.39, 0.29) is 19.0 Å². The van der Waals surface area contributed by atoms with Crippen molar-refractivity contribution in [3.05, 3.63) is 69.9 Å². The minimum Gasteiger partial charge on any atom is -0.397 e. The topological polar surface area (TPSA) is 130 Å². The maximum Gasteiger partial charge on any atom is 0.312 e. The van der Waals surface area contributed by atoms with Gasteiger partial charge in [-0.2, -0.15) is 0 Å². The third-order valence-electron chi connectivity index (χ3n) is 4.79. The van der Waals surface area contributed by atoms with Crippen molar-refractivity contribution < 1.29 is 14.4 Å². The van der Waals surface area contributed by atoms with Crippen LogP contribution in [0.4, 0.5) is 11.4 Å². The second-order valence-electron chi connectivity index (χ2n) is 6.95. The van der Waals surface area contributed by atoms with Gasteiger partial charge in [-0.3, -0.25) is 19.4 Å². The number of rotatable bonds is 4. The molecule has 0 bridgehead atoms. The van der Waals surface area contributed by atoms with Gasteiger partial charge in [0.05, 0.1) is 23.6 Å². The van der Waals surface area contributed by atoms with Gasteiger partial charge in [-0.05, 0) is 23.8 Å². The molecular formula is C21H20N6O3S. The summed E-state index contributed by atoms with van der Waals surface area (Å²) in [5.41, 5.74) is 8.43. The zero-order valence-electron chi connectivity index (χ0n) is 16.5. The summed E-state index contributed by atoms with van der Waals surface area (Å²) in [7, 11) is 0. The molecule has 3 heterocycles. The Hall–Kier alpha value is -3.79. The van der Waals surface area contributed by atoms with Crippen molar-refractivity contribution in [3.8, 4) is 0 Å². The molecule has 0 aliphatic carbocycles. The molecule has 0 unspecified atom stereocenters. The smallest absolute Gasteiger partial charge is 0.312 e. The fourth-order valence-electron chi connectivity index (χ4n) is 3.16. The van der Waals surface area contributed by atoms with Crippen molar-refractivity contribution in [1.82, 2.24) is 20.2 Å². The van der Waals surface area contributed by atoms with Crippen LogP contribution in [0.3, 0.4) is 0 Å². The van der Waals surface area contributed by atoms with Crippen LogP contribution in [-0.2, 0) is 29.1 Å². The molecule has 0 spiro atoms. The molecule has 10 heteroatoms. The molecule has 3 amide bonds. The number of para-hydroxylation sites is 2. The van der Waals surface area contributed by atoms with E-state index in [1.807, 2.05) is 6.07 Å². The first-order chi connectivity index (χ1) is 15.0. The van der Waals surface area contributed by atoms with E-state index in [1.54, 1.807) is 42.7 Å². The van der Waals surface area contributed by atoms with Crippen LogP contribution in [0.5, 0.6) is 0 Å². The van der Waals surface area contributed by atoms with Crippen LogP contribution < -0.4 is 16.4 Å². The van der Waals surface area contributed by atoms with Crippen LogP contribution in [0.1, 0.15) is 25.9 Å². The van der Waals surface area contributed by atoms with Crippen molar-refractivity contribution >= 4 is 40.4 Å². The monoisotopic (exact) mass is 436 g/mol. The number of nitrogens with two attached hydrogens (primary N) is 1. The molecule has 158 valence electrons. The Morgan fingerprint density at radius 3 is 2.77 bits per heavy atom. The van der Waals surface area contributed by atoms with Crippen LogP contribution in [0.2, 0.25) is 0 Å². The molecule has 1 aliphatic heterocycles. The number of nitrogens with zero attached hydrogens (tertiary/aromatic N) is 3. The van der Waals surface area contributed by atoms with Crippen LogP contribution in [0, 0.1) is 0 Å². The van der Waals surface area contributed by atoms with Gasteiger partial charge in [-0.25, -0.2) is 4.98 Å². The van der Waals surface area contributed by atoms with Gasteiger partial charge in [-0.1, -0.05) is 18.2 Å². The molecule has 1 aliphatic rings. The molecule has 4 N–H and O–H groups in total. The lowest BCUT2D eigenvalue weighted by atomic mass is 10.2. The lowest BCUT2D eigenvalue weighted by Gasteiger charge is -2.25. The van der Waals surface area contributed by atoms with E-state index in [0.717, 1.165) is 16.1 Å². The number of aromatic nitrogens is 2. The summed E-state index contributed by atoms with van der Waals surface area (Å²) in [5.74, 6) is -1.63. The molecule has 0 fully saturated rings. The lowest BCUT2D eigenvalue weighted by molar-refractivity contribution is -0.146. The molecule has 0 saturated heterocycles. The number of carbonyl (C=O) groups is 3. The van der Waals surface area contributed by atoms with Gasteiger partial charge >= 0.3 is 11.8 Å². The number of fused-ring (bicyclic) bond motifs is 1. The van der Waals surface area contributed by atoms with E-state index in [4.69, 9.17) is 5.73 Å². The van der Waals surface area contributed by atoms with Crippen LogP contribution >= 0.6 is 11.3 Å². The highest BCUT2D eigenvalue weighted by atomic mass is 32.1. The van der Waals surface area contributed by atoms with Gasteiger partial charge in [0.2, 0.25) is 0 Å². The highest BCUT2D eigenvalue weighted by Gasteiger charge is 2.29. The number of nitrogen functional groups attached to an aromatic ring is 1. The van der Waals surface area contributed by atoms with Crippen molar-refractivity contribution in [3.63, 3.8) is 0 Å². The van der Waals surface area contributed by atoms with E-state index >= 15 is 0 Å². The van der Waals surface area contributed by atoms with Gasteiger partial charge in [-0.15, -0.1) is 11.3 Å². The standard InChI is InChI=1S/C21H20N6O3S/c22-14-5-1-2-6-15(14)25-18(28)20-26-16-7-9-27(12-17(16)31-20)21(30)19(29)24-11-13-4-3-8-23-10-13/h1-6,8,10H,7,9,11-12,22H2,(H,24,29)(H,25,28). The molecule has 4 rings (SSSR count). The molecule has 1 aromatic carbocycles. The number of amides is 3. The average Bonchev–Trinajstić information content (AvgIpc) is 3.23. The largest absolute Gasteiger partial charge is 0.397 e. The van der Waals surface area contributed by atoms with Crippen molar-refractivity contribution in [2.24, 2.45) is 0 Å². The first kappa shape index (κ1) is 20.5. The highest BCUT2D eigenvalue weighted by Crippen LogP contribution is 2.26. The second kappa shape index (κ2) is 8.92. The van der Waals surface area contributed by atoms with E-state index < -0.39 is 11.8 Å². The Balaban J connectivity index is 1.38. The number of anilines is 2. The Bertz CT molecular complexity index is 1130. The fourth-order valence-corrected chi connectivity index (χ4v) is 4.18. The van der Waals surface area contributed by atoms with Crippen molar-refractivity contribution in [1.29, 1.82) is 0 Å². The van der Waals surface area contributed by atoms with Gasteiger partial charge < -0.3 is 21.3 Å². The molecule has 3 aromatic rings. The Morgan fingerprint density at radius 1 is 1.16 bits per heavy atom. The number of pyridine rings is 1. The SMILES string of the molecule is Nc1ccccc1NC(=O)c1nc2c(s1)CN(C(=O)C(=O)NCc1cccnc1)CC2. The lowest BCUT2D eigenvalue weighted by Crippen LogP contribution is -2.44. The zero-order chi connectivity index (χ0) is 21.8. The van der Waals surface area contributed by atoms with Gasteiger partial charge in [0.1, 0.15) is 0 Å². The third-order valence-corrected chi connectivity index (χ3v) is 5.87. The number of carbonyl (C=O) groups excluding carboxylic acids is 3.